The van der Waals surface area contributed by atoms with Gasteiger partial charge in [-0.15, -0.1) is 0 Å². The lowest BCUT2D eigenvalue weighted by molar-refractivity contribution is 0.103. The van der Waals surface area contributed by atoms with Crippen LogP contribution in [0.4, 0.5) is 0 Å². The normalized spacial score (nSPS) is 10.8. The molecule has 0 radical (unpaired) electrons. The van der Waals surface area contributed by atoms with Gasteiger partial charge in [0.15, 0.2) is 5.78 Å². The van der Waals surface area contributed by atoms with E-state index in [0.29, 0.717) is 16.9 Å². The Balaban J connectivity index is 2.31. The molecule has 0 saturated carbocycles. The van der Waals surface area contributed by atoms with Gasteiger partial charge in [-0.3, -0.25) is 9.48 Å². The minimum Gasteiger partial charge on any atom is -0.491 e. The van der Waals surface area contributed by atoms with Crippen molar-refractivity contribution < 1.29 is 9.53 Å². The highest BCUT2D eigenvalue weighted by molar-refractivity contribution is 6.09. The number of rotatable bonds is 4. The van der Waals surface area contributed by atoms with Crippen molar-refractivity contribution in [3.8, 4) is 5.75 Å². The lowest BCUT2D eigenvalue weighted by atomic mass is 10.0. The maximum absolute atomic E-state index is 12.4. The first-order chi connectivity index (χ1) is 8.97. The molecule has 0 N–H and O–H groups in total. The monoisotopic (exact) mass is 258 g/mol. The van der Waals surface area contributed by atoms with Crippen molar-refractivity contribution in [2.75, 3.05) is 0 Å². The van der Waals surface area contributed by atoms with Gasteiger partial charge >= 0.3 is 0 Å². The Morgan fingerprint density at radius 3 is 2.68 bits per heavy atom. The molecule has 0 amide bonds. The zero-order chi connectivity index (χ0) is 14.0. The van der Waals surface area contributed by atoms with Gasteiger partial charge < -0.3 is 4.74 Å². The molecule has 2 aromatic rings. The summed E-state index contributed by atoms with van der Waals surface area (Å²) >= 11 is 0. The van der Waals surface area contributed by atoms with Crippen molar-refractivity contribution in [1.82, 2.24) is 9.78 Å². The van der Waals surface area contributed by atoms with Crippen molar-refractivity contribution in [3.63, 3.8) is 0 Å². The van der Waals surface area contributed by atoms with Crippen molar-refractivity contribution in [3.05, 3.63) is 47.3 Å². The highest BCUT2D eigenvalue weighted by Crippen LogP contribution is 2.19. The minimum atomic E-state index is -0.0280. The molecule has 4 nitrogen and oxygen atoms in total. The van der Waals surface area contributed by atoms with Crippen LogP contribution in [-0.2, 0) is 7.05 Å². The van der Waals surface area contributed by atoms with E-state index in [2.05, 4.69) is 5.10 Å². The number of nitrogens with zero attached hydrogens (tertiary/aromatic N) is 2. The Labute approximate surface area is 113 Å². The van der Waals surface area contributed by atoms with E-state index in [1.165, 1.54) is 0 Å². The topological polar surface area (TPSA) is 44.1 Å². The van der Waals surface area contributed by atoms with Crippen LogP contribution in [0.1, 0.15) is 35.5 Å². The molecule has 19 heavy (non-hydrogen) atoms. The van der Waals surface area contributed by atoms with E-state index < -0.39 is 0 Å². The summed E-state index contributed by atoms with van der Waals surface area (Å²) < 4.78 is 7.25. The van der Waals surface area contributed by atoms with Gasteiger partial charge in [0.05, 0.1) is 17.4 Å². The molecule has 100 valence electrons. The fraction of sp³-hybridized carbons (Fsp3) is 0.333. The number of ketones is 1. The third-order valence-electron chi connectivity index (χ3n) is 2.73. The van der Waals surface area contributed by atoms with Crippen LogP contribution in [0.25, 0.3) is 0 Å². The summed E-state index contributed by atoms with van der Waals surface area (Å²) in [7, 11) is 1.81. The molecule has 0 aliphatic heterocycles. The van der Waals surface area contributed by atoms with E-state index >= 15 is 0 Å². The number of hydrogen-bond donors (Lipinski definition) is 0. The third kappa shape index (κ3) is 3.02. The van der Waals surface area contributed by atoms with Crippen LogP contribution in [0.2, 0.25) is 0 Å². The molecular formula is C15H18N2O2. The molecule has 4 heteroatoms. The molecule has 1 heterocycles. The Kier molecular flexibility index (Phi) is 3.69. The molecule has 1 aromatic carbocycles. The number of aromatic nitrogens is 2. The molecule has 0 aliphatic rings. The summed E-state index contributed by atoms with van der Waals surface area (Å²) in [4.78, 5) is 12.4. The number of hydrogen-bond acceptors (Lipinski definition) is 3. The maximum Gasteiger partial charge on any atom is 0.196 e. The SMILES string of the molecule is Cc1nn(C)cc1C(=O)c1cccc(OC(C)C)c1. The van der Waals surface area contributed by atoms with Crippen molar-refractivity contribution >= 4 is 5.78 Å². The van der Waals surface area contributed by atoms with Gasteiger partial charge in [-0.25, -0.2) is 0 Å². The molecule has 0 atom stereocenters. The molecular weight excluding hydrogens is 240 g/mol. The number of carbonyl (C=O) groups is 1. The van der Waals surface area contributed by atoms with Crippen molar-refractivity contribution in [2.45, 2.75) is 26.9 Å². The second-order valence-electron chi connectivity index (χ2n) is 4.83. The minimum absolute atomic E-state index is 0.0280. The van der Waals surface area contributed by atoms with E-state index in [0.717, 1.165) is 5.69 Å². The van der Waals surface area contributed by atoms with Crippen LogP contribution < -0.4 is 4.74 Å². The largest absolute Gasteiger partial charge is 0.491 e. The smallest absolute Gasteiger partial charge is 0.196 e. The van der Waals surface area contributed by atoms with Gasteiger partial charge in [-0.1, -0.05) is 12.1 Å². The van der Waals surface area contributed by atoms with Crippen LogP contribution in [-0.4, -0.2) is 21.7 Å². The zero-order valence-electron chi connectivity index (χ0n) is 11.7. The lowest BCUT2D eigenvalue weighted by Crippen LogP contribution is -2.07. The third-order valence-corrected chi connectivity index (χ3v) is 2.73. The first-order valence-corrected chi connectivity index (χ1v) is 6.29. The highest BCUT2D eigenvalue weighted by Gasteiger charge is 2.15. The molecule has 0 aliphatic carbocycles. The van der Waals surface area contributed by atoms with Gasteiger partial charge in [-0.05, 0) is 32.9 Å². The second kappa shape index (κ2) is 5.26. The summed E-state index contributed by atoms with van der Waals surface area (Å²) in [5.41, 5.74) is 1.99. The number of ether oxygens (including phenoxy) is 1. The van der Waals surface area contributed by atoms with E-state index in [-0.39, 0.29) is 11.9 Å². The molecule has 0 fully saturated rings. The average Bonchev–Trinajstić information content (AvgIpc) is 2.67. The van der Waals surface area contributed by atoms with Gasteiger partial charge in [-0.2, -0.15) is 5.10 Å². The van der Waals surface area contributed by atoms with Crippen molar-refractivity contribution in [1.29, 1.82) is 0 Å². The average molecular weight is 258 g/mol. The predicted molar refractivity (Wildman–Crippen MR) is 73.6 cm³/mol. The maximum atomic E-state index is 12.4. The van der Waals surface area contributed by atoms with Crippen molar-refractivity contribution in [2.24, 2.45) is 7.05 Å². The fourth-order valence-electron chi connectivity index (χ4n) is 1.96. The Bertz CT molecular complexity index is 600. The number of benzene rings is 1. The van der Waals surface area contributed by atoms with Gasteiger partial charge in [0.1, 0.15) is 5.75 Å². The molecule has 2 rings (SSSR count). The summed E-state index contributed by atoms with van der Waals surface area (Å²) in [5.74, 6) is 0.683. The Hall–Kier alpha value is -2.10. The first-order valence-electron chi connectivity index (χ1n) is 6.29. The highest BCUT2D eigenvalue weighted by atomic mass is 16.5. The molecule has 0 unspecified atom stereocenters. The van der Waals surface area contributed by atoms with Crippen LogP contribution >= 0.6 is 0 Å². The van der Waals surface area contributed by atoms with Crippen LogP contribution in [0.15, 0.2) is 30.5 Å². The molecule has 0 spiro atoms. The van der Waals surface area contributed by atoms with E-state index in [4.69, 9.17) is 4.74 Å². The summed E-state index contributed by atoms with van der Waals surface area (Å²) in [6, 6.07) is 7.25. The van der Waals surface area contributed by atoms with Crippen LogP contribution in [0, 0.1) is 6.92 Å². The van der Waals surface area contributed by atoms with Gasteiger partial charge in [0.2, 0.25) is 0 Å². The summed E-state index contributed by atoms with van der Waals surface area (Å²) in [6.07, 6.45) is 1.83. The molecule has 1 aromatic heterocycles. The Morgan fingerprint density at radius 2 is 2.11 bits per heavy atom. The second-order valence-corrected chi connectivity index (χ2v) is 4.83. The van der Waals surface area contributed by atoms with Crippen LogP contribution in [0.5, 0.6) is 5.75 Å². The quantitative estimate of drug-likeness (QED) is 0.792. The number of aryl methyl sites for hydroxylation is 2. The number of carbonyl (C=O) groups excluding carboxylic acids is 1. The Morgan fingerprint density at radius 1 is 1.37 bits per heavy atom. The standard InChI is InChI=1S/C15H18N2O2/c1-10(2)19-13-7-5-6-12(8-13)15(18)14-9-17(4)16-11(14)3/h5-10H,1-4H3. The van der Waals surface area contributed by atoms with Gasteiger partial charge in [0.25, 0.3) is 0 Å². The zero-order valence-corrected chi connectivity index (χ0v) is 11.7. The summed E-state index contributed by atoms with van der Waals surface area (Å²) in [6.45, 7) is 5.75. The predicted octanol–water partition coefficient (Wildman–Crippen LogP) is 2.75. The van der Waals surface area contributed by atoms with E-state index in [1.807, 2.05) is 40.0 Å². The fourth-order valence-corrected chi connectivity index (χ4v) is 1.96. The lowest BCUT2D eigenvalue weighted by Gasteiger charge is -2.10. The van der Waals surface area contributed by atoms with E-state index in [1.54, 1.807) is 23.0 Å². The first kappa shape index (κ1) is 13.3. The molecule has 0 saturated heterocycles. The summed E-state index contributed by atoms with van der Waals surface area (Å²) in [5, 5.41) is 4.19. The molecule has 0 bridgehead atoms. The van der Waals surface area contributed by atoms with Crippen LogP contribution in [0.3, 0.4) is 0 Å². The van der Waals surface area contributed by atoms with E-state index in [9.17, 15) is 4.79 Å². The van der Waals surface area contributed by atoms with Gasteiger partial charge in [0, 0.05) is 18.8 Å².